The van der Waals surface area contributed by atoms with Gasteiger partial charge in [-0.2, -0.15) is 5.10 Å². The van der Waals surface area contributed by atoms with Crippen LogP contribution in [0.15, 0.2) is 6.33 Å². The number of amides is 1. The number of likely N-dealkylation sites (N-methyl/N-ethyl adjacent to an activating group) is 1. The van der Waals surface area contributed by atoms with Gasteiger partial charge in [0.25, 0.3) is 0 Å². The molecule has 2 rings (SSSR count). The minimum Gasteiger partial charge on any atom is -0.348 e. The summed E-state index contributed by atoms with van der Waals surface area (Å²) in [5, 5.41) is 4.55. The number of imidazole rings is 1. The van der Waals surface area contributed by atoms with Gasteiger partial charge >= 0.3 is 0 Å². The molecular formula is C18H30N6O. The number of rotatable bonds is 8. The first-order valence-corrected chi connectivity index (χ1v) is 8.77. The van der Waals surface area contributed by atoms with Crippen LogP contribution in [0.2, 0.25) is 0 Å². The van der Waals surface area contributed by atoms with E-state index >= 15 is 0 Å². The molecule has 2 aromatic heterocycles. The Labute approximate surface area is 150 Å². The Morgan fingerprint density at radius 3 is 2.48 bits per heavy atom. The lowest BCUT2D eigenvalue weighted by atomic mass is 10.1. The van der Waals surface area contributed by atoms with E-state index in [9.17, 15) is 4.79 Å². The van der Waals surface area contributed by atoms with Crippen molar-refractivity contribution in [3.8, 4) is 0 Å². The molecule has 138 valence electrons. The van der Waals surface area contributed by atoms with Crippen LogP contribution in [0.3, 0.4) is 0 Å². The first-order chi connectivity index (χ1) is 11.8. The predicted octanol–water partition coefficient (Wildman–Crippen LogP) is 1.68. The van der Waals surface area contributed by atoms with Crippen molar-refractivity contribution in [1.82, 2.24) is 29.5 Å². The molecule has 0 unspecified atom stereocenters. The SMILES string of the molecule is CCc1c(C)nn(CC(=O)N(CCN(C)C)Cc2nc[nH]c2C)c1C. The average molecular weight is 346 g/mol. The molecule has 0 aliphatic carbocycles. The third kappa shape index (κ3) is 4.69. The van der Waals surface area contributed by atoms with E-state index in [0.717, 1.165) is 35.7 Å². The fraction of sp³-hybridized carbons (Fsp3) is 0.611. The summed E-state index contributed by atoms with van der Waals surface area (Å²) in [7, 11) is 4.02. The van der Waals surface area contributed by atoms with Gasteiger partial charge in [0.05, 0.1) is 24.3 Å². The number of H-pyrrole nitrogens is 1. The van der Waals surface area contributed by atoms with Gasteiger partial charge in [0.15, 0.2) is 0 Å². The normalized spacial score (nSPS) is 11.3. The van der Waals surface area contributed by atoms with Crippen molar-refractivity contribution in [2.45, 2.75) is 47.2 Å². The van der Waals surface area contributed by atoms with Crippen molar-refractivity contribution in [3.05, 3.63) is 34.7 Å². The Kier molecular flexibility index (Phi) is 6.36. The van der Waals surface area contributed by atoms with E-state index in [-0.39, 0.29) is 12.5 Å². The van der Waals surface area contributed by atoms with Crippen LogP contribution in [0, 0.1) is 20.8 Å². The van der Waals surface area contributed by atoms with Crippen LogP contribution in [0.5, 0.6) is 0 Å². The summed E-state index contributed by atoms with van der Waals surface area (Å²) in [5.41, 5.74) is 5.24. The second-order valence-corrected chi connectivity index (χ2v) is 6.75. The fourth-order valence-corrected chi connectivity index (χ4v) is 2.97. The third-order valence-electron chi connectivity index (χ3n) is 4.61. The summed E-state index contributed by atoms with van der Waals surface area (Å²) in [5.74, 6) is 0.0671. The molecule has 0 saturated heterocycles. The van der Waals surface area contributed by atoms with Gasteiger partial charge in [-0.05, 0) is 46.9 Å². The molecule has 2 heterocycles. The zero-order chi connectivity index (χ0) is 18.6. The Morgan fingerprint density at radius 1 is 1.24 bits per heavy atom. The summed E-state index contributed by atoms with van der Waals surface area (Å²) >= 11 is 0. The highest BCUT2D eigenvalue weighted by molar-refractivity contribution is 5.76. The average Bonchev–Trinajstić information content (AvgIpc) is 3.06. The number of carbonyl (C=O) groups is 1. The zero-order valence-electron chi connectivity index (χ0n) is 16.3. The maximum Gasteiger partial charge on any atom is 0.244 e. The second-order valence-electron chi connectivity index (χ2n) is 6.75. The van der Waals surface area contributed by atoms with E-state index in [4.69, 9.17) is 0 Å². The maximum atomic E-state index is 12.9. The van der Waals surface area contributed by atoms with Gasteiger partial charge in [0.2, 0.25) is 5.91 Å². The van der Waals surface area contributed by atoms with Gasteiger partial charge in [0.1, 0.15) is 6.54 Å². The van der Waals surface area contributed by atoms with Crippen LogP contribution in [-0.2, 0) is 24.3 Å². The Bertz CT molecular complexity index is 715. The van der Waals surface area contributed by atoms with Crippen molar-refractivity contribution in [2.24, 2.45) is 0 Å². The quantitative estimate of drug-likeness (QED) is 0.790. The van der Waals surface area contributed by atoms with Gasteiger partial charge in [-0.25, -0.2) is 4.98 Å². The summed E-state index contributed by atoms with van der Waals surface area (Å²) in [6.07, 6.45) is 2.61. The molecule has 0 fully saturated rings. The second kappa shape index (κ2) is 8.29. The first-order valence-electron chi connectivity index (χ1n) is 8.77. The molecular weight excluding hydrogens is 316 g/mol. The number of hydrogen-bond donors (Lipinski definition) is 1. The van der Waals surface area contributed by atoms with Gasteiger partial charge in [-0.15, -0.1) is 0 Å². The van der Waals surface area contributed by atoms with Crippen LogP contribution in [0.25, 0.3) is 0 Å². The smallest absolute Gasteiger partial charge is 0.244 e. The minimum absolute atomic E-state index is 0.0671. The lowest BCUT2D eigenvalue weighted by molar-refractivity contribution is -0.132. The highest BCUT2D eigenvalue weighted by atomic mass is 16.2. The highest BCUT2D eigenvalue weighted by Crippen LogP contribution is 2.14. The van der Waals surface area contributed by atoms with Gasteiger partial charge in [0, 0.05) is 24.5 Å². The van der Waals surface area contributed by atoms with E-state index < -0.39 is 0 Å². The number of aromatic amines is 1. The molecule has 0 spiro atoms. The Hall–Kier alpha value is -2.15. The van der Waals surface area contributed by atoms with E-state index in [1.54, 1.807) is 6.33 Å². The molecule has 25 heavy (non-hydrogen) atoms. The predicted molar refractivity (Wildman–Crippen MR) is 98.4 cm³/mol. The standard InChI is InChI=1S/C18H30N6O/c1-7-16-13(2)21-24(15(16)4)11-18(25)23(9-8-22(5)6)10-17-14(3)19-12-20-17/h12H,7-11H2,1-6H3,(H,19,20). The van der Waals surface area contributed by atoms with Crippen molar-refractivity contribution < 1.29 is 4.79 Å². The molecule has 0 atom stereocenters. The molecule has 0 aliphatic heterocycles. The number of hydrogen-bond acceptors (Lipinski definition) is 4. The first kappa shape index (κ1) is 19.2. The maximum absolute atomic E-state index is 12.9. The lowest BCUT2D eigenvalue weighted by Crippen LogP contribution is -2.38. The lowest BCUT2D eigenvalue weighted by Gasteiger charge is -2.24. The zero-order valence-corrected chi connectivity index (χ0v) is 16.3. The van der Waals surface area contributed by atoms with Crippen LogP contribution >= 0.6 is 0 Å². The molecule has 0 bridgehead atoms. The molecule has 1 N–H and O–H groups in total. The molecule has 0 saturated carbocycles. The topological polar surface area (TPSA) is 70.1 Å². The van der Waals surface area contributed by atoms with E-state index in [0.29, 0.717) is 13.1 Å². The summed E-state index contributed by atoms with van der Waals surface area (Å²) in [6, 6.07) is 0. The van der Waals surface area contributed by atoms with Crippen LogP contribution in [0.1, 0.15) is 35.3 Å². The number of nitrogens with one attached hydrogen (secondary N) is 1. The monoisotopic (exact) mass is 346 g/mol. The fourth-order valence-electron chi connectivity index (χ4n) is 2.97. The van der Waals surface area contributed by atoms with Crippen molar-refractivity contribution in [2.75, 3.05) is 27.2 Å². The largest absolute Gasteiger partial charge is 0.348 e. The summed E-state index contributed by atoms with van der Waals surface area (Å²) in [6.45, 7) is 10.4. The molecule has 2 aromatic rings. The number of carbonyl (C=O) groups excluding carboxylic acids is 1. The van der Waals surface area contributed by atoms with E-state index in [2.05, 4.69) is 26.9 Å². The molecule has 0 aromatic carbocycles. The molecule has 7 nitrogen and oxygen atoms in total. The van der Waals surface area contributed by atoms with Crippen LogP contribution in [0.4, 0.5) is 0 Å². The highest BCUT2D eigenvalue weighted by Gasteiger charge is 2.19. The van der Waals surface area contributed by atoms with Crippen molar-refractivity contribution >= 4 is 5.91 Å². The van der Waals surface area contributed by atoms with Gasteiger partial charge in [-0.1, -0.05) is 6.92 Å². The van der Waals surface area contributed by atoms with Crippen LogP contribution < -0.4 is 0 Å². The third-order valence-corrected chi connectivity index (χ3v) is 4.61. The van der Waals surface area contributed by atoms with Crippen LogP contribution in [-0.4, -0.2) is 62.6 Å². The summed E-state index contributed by atoms with van der Waals surface area (Å²) in [4.78, 5) is 24.3. The van der Waals surface area contributed by atoms with Crippen molar-refractivity contribution in [3.63, 3.8) is 0 Å². The Balaban J connectivity index is 2.15. The minimum atomic E-state index is 0.0671. The van der Waals surface area contributed by atoms with Gasteiger partial charge < -0.3 is 14.8 Å². The number of aromatic nitrogens is 4. The van der Waals surface area contributed by atoms with E-state index in [1.807, 2.05) is 44.4 Å². The number of aryl methyl sites for hydroxylation is 2. The molecule has 0 radical (unpaired) electrons. The van der Waals surface area contributed by atoms with Gasteiger partial charge in [-0.3, -0.25) is 9.48 Å². The number of nitrogens with zero attached hydrogens (tertiary/aromatic N) is 5. The molecule has 7 heteroatoms. The molecule has 0 aliphatic rings. The van der Waals surface area contributed by atoms with E-state index in [1.165, 1.54) is 5.56 Å². The molecule has 1 amide bonds. The Morgan fingerprint density at radius 2 is 1.96 bits per heavy atom. The van der Waals surface area contributed by atoms with Crippen molar-refractivity contribution in [1.29, 1.82) is 0 Å². The summed E-state index contributed by atoms with van der Waals surface area (Å²) < 4.78 is 1.83.